The van der Waals surface area contributed by atoms with Crippen molar-refractivity contribution in [3.63, 3.8) is 0 Å². The van der Waals surface area contributed by atoms with E-state index in [2.05, 4.69) is 45.1 Å². The van der Waals surface area contributed by atoms with Crippen molar-refractivity contribution in [1.82, 2.24) is 9.97 Å². The Kier molecular flexibility index (Phi) is 6.33. The highest BCUT2D eigenvalue weighted by molar-refractivity contribution is 9.10. The van der Waals surface area contributed by atoms with Gasteiger partial charge in [0.2, 0.25) is 0 Å². The highest BCUT2D eigenvalue weighted by atomic mass is 79.9. The van der Waals surface area contributed by atoms with Crippen molar-refractivity contribution in [3.8, 4) is 0 Å². The first-order valence-electron chi connectivity index (χ1n) is 5.61. The summed E-state index contributed by atoms with van der Waals surface area (Å²) >= 11 is 3.41. The molecule has 90 valence electrons. The maximum atomic E-state index is 5.40. The Hall–Kier alpha value is -0.680. The van der Waals surface area contributed by atoms with Crippen molar-refractivity contribution in [1.29, 1.82) is 0 Å². The number of nitrogens with one attached hydrogen (secondary N) is 1. The number of hydrogen-bond donors (Lipinski definition) is 1. The van der Waals surface area contributed by atoms with Crippen LogP contribution in [0.4, 0.5) is 5.82 Å². The first-order valence-corrected chi connectivity index (χ1v) is 6.40. The first kappa shape index (κ1) is 13.4. The van der Waals surface area contributed by atoms with Crippen molar-refractivity contribution in [2.45, 2.75) is 33.3 Å². The Bertz CT molecular complexity index is 320. The van der Waals surface area contributed by atoms with E-state index in [0.717, 1.165) is 42.1 Å². The Labute approximate surface area is 105 Å². The monoisotopic (exact) mass is 287 g/mol. The van der Waals surface area contributed by atoms with E-state index in [-0.39, 0.29) is 0 Å². The molecule has 0 aliphatic heterocycles. The van der Waals surface area contributed by atoms with Crippen molar-refractivity contribution >= 4 is 21.7 Å². The summed E-state index contributed by atoms with van der Waals surface area (Å²) in [6.07, 6.45) is 3.84. The van der Waals surface area contributed by atoms with E-state index >= 15 is 0 Å². The summed E-state index contributed by atoms with van der Waals surface area (Å²) in [5.74, 6) is 1.56. The predicted molar refractivity (Wildman–Crippen MR) is 68.5 cm³/mol. The normalized spacial score (nSPS) is 10.4. The second-order valence-corrected chi connectivity index (χ2v) is 4.32. The third-order valence-corrected chi connectivity index (χ3v) is 2.50. The Morgan fingerprint density at radius 3 is 2.88 bits per heavy atom. The van der Waals surface area contributed by atoms with Gasteiger partial charge in [0, 0.05) is 19.3 Å². The number of nitrogens with zero attached hydrogens (tertiary/aromatic N) is 2. The third kappa shape index (κ3) is 4.45. The van der Waals surface area contributed by atoms with E-state index in [0.29, 0.717) is 6.61 Å². The molecule has 0 aromatic carbocycles. The summed E-state index contributed by atoms with van der Waals surface area (Å²) in [6.45, 7) is 6.33. The number of anilines is 1. The van der Waals surface area contributed by atoms with Gasteiger partial charge in [0.25, 0.3) is 0 Å². The standard InChI is InChI=1S/C11H18BrN3O/c1-3-5-13-11-9(12)7-14-10(15-11)8-16-6-4-2/h7H,3-6,8H2,1-2H3,(H,13,14,15). The fourth-order valence-corrected chi connectivity index (χ4v) is 1.48. The molecule has 1 rings (SSSR count). The van der Waals surface area contributed by atoms with Gasteiger partial charge in [-0.3, -0.25) is 0 Å². The molecule has 5 heteroatoms. The van der Waals surface area contributed by atoms with E-state index in [4.69, 9.17) is 4.74 Å². The maximum Gasteiger partial charge on any atom is 0.156 e. The molecule has 1 N–H and O–H groups in total. The summed E-state index contributed by atoms with van der Waals surface area (Å²) in [6, 6.07) is 0. The molecule has 1 aromatic heterocycles. The second kappa shape index (κ2) is 7.57. The quantitative estimate of drug-likeness (QED) is 0.783. The molecule has 0 amide bonds. The third-order valence-electron chi connectivity index (χ3n) is 1.92. The number of hydrogen-bond acceptors (Lipinski definition) is 4. The van der Waals surface area contributed by atoms with Gasteiger partial charge in [-0.25, -0.2) is 9.97 Å². The molecular formula is C11H18BrN3O. The SMILES string of the molecule is CCCNc1nc(COCCC)ncc1Br. The highest BCUT2D eigenvalue weighted by Crippen LogP contribution is 2.18. The summed E-state index contributed by atoms with van der Waals surface area (Å²) in [4.78, 5) is 8.58. The maximum absolute atomic E-state index is 5.40. The van der Waals surface area contributed by atoms with Gasteiger partial charge in [-0.1, -0.05) is 13.8 Å². The van der Waals surface area contributed by atoms with Crippen LogP contribution in [-0.2, 0) is 11.3 Å². The van der Waals surface area contributed by atoms with Gasteiger partial charge >= 0.3 is 0 Å². The molecule has 0 unspecified atom stereocenters. The van der Waals surface area contributed by atoms with Gasteiger partial charge in [-0.2, -0.15) is 0 Å². The number of rotatable bonds is 7. The number of aromatic nitrogens is 2. The summed E-state index contributed by atoms with van der Waals surface area (Å²) in [7, 11) is 0. The second-order valence-electron chi connectivity index (χ2n) is 3.46. The largest absolute Gasteiger partial charge is 0.373 e. The van der Waals surface area contributed by atoms with Crippen LogP contribution in [0, 0.1) is 0 Å². The first-order chi connectivity index (χ1) is 7.77. The summed E-state index contributed by atoms with van der Waals surface area (Å²) in [5, 5.41) is 3.24. The molecule has 0 aliphatic carbocycles. The van der Waals surface area contributed by atoms with Gasteiger partial charge in [0.15, 0.2) is 5.82 Å². The summed E-state index contributed by atoms with van der Waals surface area (Å²) in [5.41, 5.74) is 0. The van der Waals surface area contributed by atoms with Crippen molar-refractivity contribution in [2.75, 3.05) is 18.5 Å². The molecule has 0 saturated carbocycles. The van der Waals surface area contributed by atoms with Crippen LogP contribution in [0.2, 0.25) is 0 Å². The number of halogens is 1. The Morgan fingerprint density at radius 1 is 1.38 bits per heavy atom. The molecule has 0 radical (unpaired) electrons. The van der Waals surface area contributed by atoms with E-state index < -0.39 is 0 Å². The van der Waals surface area contributed by atoms with Crippen LogP contribution in [-0.4, -0.2) is 23.1 Å². The minimum absolute atomic E-state index is 0.474. The Balaban J connectivity index is 2.58. The van der Waals surface area contributed by atoms with Gasteiger partial charge < -0.3 is 10.1 Å². The minimum Gasteiger partial charge on any atom is -0.373 e. The molecule has 0 aliphatic rings. The van der Waals surface area contributed by atoms with Gasteiger partial charge in [-0.15, -0.1) is 0 Å². The van der Waals surface area contributed by atoms with Crippen molar-refractivity contribution in [3.05, 3.63) is 16.5 Å². The lowest BCUT2D eigenvalue weighted by atomic mass is 10.4. The highest BCUT2D eigenvalue weighted by Gasteiger charge is 2.04. The van der Waals surface area contributed by atoms with E-state index in [1.54, 1.807) is 6.20 Å². The molecule has 0 saturated heterocycles. The number of ether oxygens (including phenoxy) is 1. The zero-order chi connectivity index (χ0) is 11.8. The summed E-state index contributed by atoms with van der Waals surface area (Å²) < 4.78 is 6.29. The van der Waals surface area contributed by atoms with Crippen molar-refractivity contribution < 1.29 is 4.74 Å². The lowest BCUT2D eigenvalue weighted by Crippen LogP contribution is -2.07. The average molecular weight is 288 g/mol. The van der Waals surface area contributed by atoms with Crippen LogP contribution < -0.4 is 5.32 Å². The predicted octanol–water partition coefficient (Wildman–Crippen LogP) is 2.99. The molecular weight excluding hydrogens is 270 g/mol. The molecule has 4 nitrogen and oxygen atoms in total. The molecule has 1 aromatic rings. The van der Waals surface area contributed by atoms with Gasteiger partial charge in [0.1, 0.15) is 12.4 Å². The van der Waals surface area contributed by atoms with Gasteiger partial charge in [0.05, 0.1) is 4.47 Å². The smallest absolute Gasteiger partial charge is 0.156 e. The topological polar surface area (TPSA) is 47.0 Å². The van der Waals surface area contributed by atoms with Crippen LogP contribution in [0.5, 0.6) is 0 Å². The lowest BCUT2D eigenvalue weighted by molar-refractivity contribution is 0.116. The van der Waals surface area contributed by atoms with Crippen LogP contribution in [0.1, 0.15) is 32.5 Å². The van der Waals surface area contributed by atoms with Crippen LogP contribution in [0.15, 0.2) is 10.7 Å². The van der Waals surface area contributed by atoms with E-state index in [9.17, 15) is 0 Å². The fraction of sp³-hybridized carbons (Fsp3) is 0.636. The van der Waals surface area contributed by atoms with Crippen LogP contribution in [0.25, 0.3) is 0 Å². The molecule has 0 spiro atoms. The minimum atomic E-state index is 0.474. The van der Waals surface area contributed by atoms with Gasteiger partial charge in [-0.05, 0) is 28.8 Å². The molecule has 0 bridgehead atoms. The fourth-order valence-electron chi connectivity index (χ4n) is 1.15. The molecule has 0 atom stereocenters. The van der Waals surface area contributed by atoms with E-state index in [1.165, 1.54) is 0 Å². The van der Waals surface area contributed by atoms with Crippen molar-refractivity contribution in [2.24, 2.45) is 0 Å². The van der Waals surface area contributed by atoms with Crippen LogP contribution >= 0.6 is 15.9 Å². The zero-order valence-corrected chi connectivity index (χ0v) is 11.4. The van der Waals surface area contributed by atoms with Crippen LogP contribution in [0.3, 0.4) is 0 Å². The lowest BCUT2D eigenvalue weighted by Gasteiger charge is -2.08. The zero-order valence-electron chi connectivity index (χ0n) is 9.79. The Morgan fingerprint density at radius 2 is 2.19 bits per heavy atom. The molecule has 1 heterocycles. The van der Waals surface area contributed by atoms with E-state index in [1.807, 2.05) is 0 Å². The average Bonchev–Trinajstić information content (AvgIpc) is 2.30. The molecule has 16 heavy (non-hydrogen) atoms. The molecule has 0 fully saturated rings.